The standard InChI is InChI=1S/C59H47N4O6/c1-35-5-11-38(12-6-35)55-45-22-24-47(60-45)56(39-13-7-36(2)8-14-39)49-26-28-51(62-49)58(52-29-27-50(63-52)57(48-25-23-46(55)61-48)40-15-9-37(3)10-16-40)41-17-19-42(20-18-41)59(67)69-32-4-31-68-54(66)34-43-33-44(64)21-30-53(43)65/h5-30,33H,4,31-32,34H2,1-3H3,(H3-,60,61,62,63,64,65,67)/q-1/p-1. The normalized spacial score (nSPS) is 14.9. The molecule has 5 heterocycles. The van der Waals surface area contributed by atoms with Crippen LogP contribution in [-0.2, 0) is 20.7 Å². The zero-order valence-corrected chi connectivity index (χ0v) is 38.2. The number of carbonyl (C=O) groups excluding carboxylic acids is 1. The van der Waals surface area contributed by atoms with Gasteiger partial charge in [0.2, 0.25) is 0 Å². The maximum Gasteiger partial charge on any atom is 0.310 e. The van der Waals surface area contributed by atoms with E-state index in [1.165, 1.54) is 18.2 Å². The van der Waals surface area contributed by atoms with E-state index >= 15 is 0 Å². The first-order valence-electron chi connectivity index (χ1n) is 22.8. The Morgan fingerprint density at radius 2 is 1.00 bits per heavy atom. The minimum Gasteiger partial charge on any atom is -0.657 e. The summed E-state index contributed by atoms with van der Waals surface area (Å²) < 4.78 is 10.8. The first-order valence-corrected chi connectivity index (χ1v) is 22.8. The van der Waals surface area contributed by atoms with E-state index in [-0.39, 0.29) is 43.1 Å². The SMILES string of the molecule is Cc1ccc(C2=C3C=CC(=N3)C(=c3ccc(=C([O-])OCCCOC(=O)Cc4cc(O)ccc4O)cc3)C3=NC(=C(c4ccc(C)cc4)c4ccc([n-]4)C(c4ccc(C)cc4)=C4C=CC2=N4)C=C3)cc1. The molecule has 0 atom stereocenters. The van der Waals surface area contributed by atoms with Gasteiger partial charge in [-0.1, -0.05) is 126 Å². The van der Waals surface area contributed by atoms with Crippen molar-refractivity contribution in [3.63, 3.8) is 0 Å². The number of aromatic hydroxyl groups is 2. The van der Waals surface area contributed by atoms with Crippen LogP contribution < -0.4 is 20.5 Å². The number of phenolic OH excluding ortho intramolecular Hbond substituents is 2. The molecule has 0 saturated carbocycles. The van der Waals surface area contributed by atoms with Crippen LogP contribution in [-0.4, -0.2) is 46.5 Å². The molecule has 6 aromatic rings. The predicted molar refractivity (Wildman–Crippen MR) is 269 cm³/mol. The van der Waals surface area contributed by atoms with Gasteiger partial charge < -0.3 is 29.8 Å². The lowest BCUT2D eigenvalue weighted by Gasteiger charge is -2.19. The second kappa shape index (κ2) is 18.9. The highest BCUT2D eigenvalue weighted by molar-refractivity contribution is 6.51. The highest BCUT2D eigenvalue weighted by Gasteiger charge is 2.25. The van der Waals surface area contributed by atoms with Crippen LogP contribution in [0.1, 0.15) is 56.8 Å². The molecule has 0 fully saturated rings. The van der Waals surface area contributed by atoms with Crippen LogP contribution in [0, 0.1) is 20.8 Å². The Kier molecular flexibility index (Phi) is 12.0. The van der Waals surface area contributed by atoms with E-state index in [0.29, 0.717) is 16.6 Å². The number of fused-ring (bicyclic) bond motifs is 5. The van der Waals surface area contributed by atoms with Crippen LogP contribution in [0.25, 0.3) is 28.2 Å². The molecule has 8 bridgehead atoms. The van der Waals surface area contributed by atoms with E-state index in [9.17, 15) is 20.1 Å². The van der Waals surface area contributed by atoms with Crippen LogP contribution in [0.2, 0.25) is 0 Å². The molecule has 5 aromatic carbocycles. The molecule has 10 rings (SSSR count). The summed E-state index contributed by atoms with van der Waals surface area (Å²) in [5, 5.41) is 34.1. The molecule has 10 nitrogen and oxygen atoms in total. The third kappa shape index (κ3) is 9.33. The van der Waals surface area contributed by atoms with E-state index in [2.05, 4.69) is 118 Å². The number of hydrogen-bond acceptors (Lipinski definition) is 9. The fraction of sp³-hybridized carbons (Fsp3) is 0.119. The molecule has 2 N–H and O–H groups in total. The van der Waals surface area contributed by atoms with Gasteiger partial charge in [-0.3, -0.25) is 4.79 Å². The number of nitrogens with zero attached hydrogens (tertiary/aromatic N) is 4. The second-order valence-electron chi connectivity index (χ2n) is 17.2. The average Bonchev–Trinajstić information content (AvgIpc) is 4.21. The lowest BCUT2D eigenvalue weighted by molar-refractivity contribution is -0.291. The molecule has 69 heavy (non-hydrogen) atoms. The summed E-state index contributed by atoms with van der Waals surface area (Å²) in [6.07, 6.45) is 12.3. The second-order valence-corrected chi connectivity index (χ2v) is 17.2. The number of esters is 1. The Labute approximate surface area is 399 Å². The van der Waals surface area contributed by atoms with Gasteiger partial charge in [-0.25, -0.2) is 15.0 Å². The van der Waals surface area contributed by atoms with Gasteiger partial charge in [0.05, 0.1) is 53.2 Å². The lowest BCUT2D eigenvalue weighted by Crippen LogP contribution is -2.23. The van der Waals surface area contributed by atoms with Crippen molar-refractivity contribution in [3.8, 4) is 11.5 Å². The summed E-state index contributed by atoms with van der Waals surface area (Å²) >= 11 is 0. The van der Waals surface area contributed by atoms with Gasteiger partial charge >= 0.3 is 5.97 Å². The maximum atomic E-state index is 13.3. The molecule has 0 aliphatic carbocycles. The van der Waals surface area contributed by atoms with Crippen molar-refractivity contribution in [1.29, 1.82) is 0 Å². The van der Waals surface area contributed by atoms with Crippen molar-refractivity contribution < 1.29 is 29.6 Å². The van der Waals surface area contributed by atoms with Crippen LogP contribution in [0.5, 0.6) is 11.5 Å². The third-order valence-electron chi connectivity index (χ3n) is 12.2. The van der Waals surface area contributed by atoms with Crippen molar-refractivity contribution >= 4 is 51.3 Å². The third-order valence-corrected chi connectivity index (χ3v) is 12.2. The number of allylic oxidation sites excluding steroid dienone is 7. The Morgan fingerprint density at radius 1 is 0.536 bits per heavy atom. The van der Waals surface area contributed by atoms with Crippen molar-refractivity contribution in [2.75, 3.05) is 13.2 Å². The quantitative estimate of drug-likeness (QED) is 0.0796. The van der Waals surface area contributed by atoms with Gasteiger partial charge in [0.15, 0.2) is 0 Å². The zero-order chi connectivity index (χ0) is 47.6. The van der Waals surface area contributed by atoms with Crippen LogP contribution in [0.3, 0.4) is 0 Å². The predicted octanol–water partition coefficient (Wildman–Crippen LogP) is 8.43. The van der Waals surface area contributed by atoms with Crippen molar-refractivity contribution in [1.82, 2.24) is 4.98 Å². The van der Waals surface area contributed by atoms with Gasteiger partial charge in [-0.05, 0) is 127 Å². The van der Waals surface area contributed by atoms with Crippen LogP contribution in [0.15, 0.2) is 196 Å². The Hall–Kier alpha value is -8.76. The van der Waals surface area contributed by atoms with Gasteiger partial charge in [0.25, 0.3) is 0 Å². The number of benzene rings is 5. The minimum absolute atomic E-state index is 0.0113. The average molecular weight is 907 g/mol. The minimum atomic E-state index is -0.579. The van der Waals surface area contributed by atoms with Crippen molar-refractivity contribution in [3.05, 3.63) is 242 Å². The summed E-state index contributed by atoms with van der Waals surface area (Å²) in [7, 11) is 0. The molecule has 0 saturated heterocycles. The van der Waals surface area contributed by atoms with Gasteiger partial charge in [0.1, 0.15) is 11.5 Å². The topological polar surface area (TPSA) is 150 Å². The number of rotatable bonds is 10. The molecule has 340 valence electrons. The van der Waals surface area contributed by atoms with Crippen molar-refractivity contribution in [2.24, 2.45) is 15.0 Å². The largest absolute Gasteiger partial charge is 0.657 e. The maximum absolute atomic E-state index is 13.3. The summed E-state index contributed by atoms with van der Waals surface area (Å²) in [5.74, 6) is -1.28. The van der Waals surface area contributed by atoms with Gasteiger partial charge in [-0.15, -0.1) is 11.4 Å². The van der Waals surface area contributed by atoms with Gasteiger partial charge in [-0.2, -0.15) is 0 Å². The molecule has 0 spiro atoms. The Balaban J connectivity index is 1.06. The number of aliphatic imine (C=N–C) groups is 3. The fourth-order valence-corrected chi connectivity index (χ4v) is 8.62. The van der Waals surface area contributed by atoms with E-state index in [1.807, 2.05) is 36.4 Å². The molecular weight excluding hydrogens is 861 g/mol. The van der Waals surface area contributed by atoms with Crippen LogP contribution in [0.4, 0.5) is 0 Å². The number of ether oxygens (including phenoxy) is 2. The molecule has 0 amide bonds. The highest BCUT2D eigenvalue weighted by Crippen LogP contribution is 2.38. The highest BCUT2D eigenvalue weighted by atomic mass is 16.6. The van der Waals surface area contributed by atoms with Crippen molar-refractivity contribution in [2.45, 2.75) is 33.6 Å². The summed E-state index contributed by atoms with van der Waals surface area (Å²) in [6.45, 7) is 6.26. The summed E-state index contributed by atoms with van der Waals surface area (Å²) in [5.41, 5.74) is 16.1. The van der Waals surface area contributed by atoms with E-state index in [4.69, 9.17) is 29.4 Å². The molecular formula is C59H46N4O6-2. The molecule has 1 aromatic heterocycles. The number of aromatic nitrogens is 1. The molecule has 4 aliphatic rings. The lowest BCUT2D eigenvalue weighted by atomic mass is 9.98. The number of carbonyl (C=O) groups is 1. The van der Waals surface area contributed by atoms with Gasteiger partial charge in [0, 0.05) is 16.7 Å². The van der Waals surface area contributed by atoms with E-state index < -0.39 is 11.9 Å². The van der Waals surface area contributed by atoms with Crippen LogP contribution >= 0.6 is 0 Å². The Morgan fingerprint density at radius 3 is 1.52 bits per heavy atom. The number of aryl methyl sites for hydroxylation is 3. The number of hydrogen-bond donors (Lipinski definition) is 2. The molecule has 0 unspecified atom stereocenters. The first kappa shape index (κ1) is 44.1. The molecule has 4 aliphatic heterocycles. The fourth-order valence-electron chi connectivity index (χ4n) is 8.62. The summed E-state index contributed by atoms with van der Waals surface area (Å²) in [6, 6.07) is 40.6. The smallest absolute Gasteiger partial charge is 0.310 e. The van der Waals surface area contributed by atoms with E-state index in [0.717, 1.165) is 95.1 Å². The molecule has 10 heteroatoms. The number of phenols is 2. The zero-order valence-electron chi connectivity index (χ0n) is 38.2. The summed E-state index contributed by atoms with van der Waals surface area (Å²) in [4.78, 5) is 33.8. The Bertz CT molecular complexity index is 3460. The van der Waals surface area contributed by atoms with E-state index in [1.54, 1.807) is 12.1 Å². The first-order chi connectivity index (χ1) is 33.5. The monoisotopic (exact) mass is 906 g/mol. The molecule has 0 radical (unpaired) electrons.